The van der Waals surface area contributed by atoms with Gasteiger partial charge in [0.1, 0.15) is 6.10 Å². The Labute approximate surface area is 299 Å². The van der Waals surface area contributed by atoms with Gasteiger partial charge in [0.25, 0.3) is 0 Å². The summed E-state index contributed by atoms with van der Waals surface area (Å²) in [4.78, 5) is 14.5. The second-order valence-electron chi connectivity index (χ2n) is 20.4. The molecule has 14 nitrogen and oxygen atoms in total. The number of ether oxygens (including phenoxy) is 1. The maximum Gasteiger partial charge on any atom is 0.323 e. The molecule has 1 aromatic rings. The van der Waals surface area contributed by atoms with E-state index in [9.17, 15) is 20.8 Å². The molecule has 0 bridgehead atoms. The quantitative estimate of drug-likeness (QED) is 0.195. The molecule has 0 amide bonds. The average Bonchev–Trinajstić information content (AvgIpc) is 2.91. The lowest BCUT2D eigenvalue weighted by molar-refractivity contribution is -0.323. The van der Waals surface area contributed by atoms with E-state index in [1.807, 2.05) is 83.1 Å². The van der Waals surface area contributed by atoms with E-state index in [0.717, 1.165) is 0 Å². The molecule has 1 aromatic heterocycles. The highest BCUT2D eigenvalue weighted by molar-refractivity contribution is 5.38. The molecule has 5 heterocycles. The summed E-state index contributed by atoms with van der Waals surface area (Å²) in [7, 11) is 0. The van der Waals surface area contributed by atoms with E-state index in [2.05, 4.69) is 24.5 Å². The van der Waals surface area contributed by atoms with Crippen molar-refractivity contribution in [1.29, 1.82) is 0 Å². The Kier molecular flexibility index (Phi) is 9.69. The van der Waals surface area contributed by atoms with Crippen LogP contribution < -0.4 is 15.4 Å². The second-order valence-corrected chi connectivity index (χ2v) is 20.4. The minimum Gasteiger partial charge on any atom is -0.460 e. The third-order valence-corrected chi connectivity index (χ3v) is 11.9. The lowest BCUT2D eigenvalue weighted by atomic mass is 9.63. The first kappa shape index (κ1) is 39.3. The Morgan fingerprint density at radius 1 is 0.480 bits per heavy atom. The van der Waals surface area contributed by atoms with Gasteiger partial charge in [-0.1, -0.05) is 0 Å². The smallest absolute Gasteiger partial charge is 0.323 e. The SMILES string of the molecule is CC1(C)CC(Nc2nc(NC3CC(C)(C)N(O)C4(C3)CC(C)(C)N(O)C(C)(C)C4)nc(OC3CC(C)(C)N(O)C(C)(C)C3)n2)CC(C)(C)N1O. The molecule has 14 heteroatoms. The third-order valence-electron chi connectivity index (χ3n) is 11.9. The van der Waals surface area contributed by atoms with E-state index in [1.165, 1.54) is 15.2 Å². The van der Waals surface area contributed by atoms with Crippen molar-refractivity contribution in [3.8, 4) is 6.01 Å². The zero-order valence-electron chi connectivity index (χ0n) is 33.2. The monoisotopic (exact) mass is 706 g/mol. The molecule has 1 atom stereocenters. The fourth-order valence-electron chi connectivity index (χ4n) is 10.7. The number of hydrogen-bond acceptors (Lipinski definition) is 14. The number of hydroxylamine groups is 8. The molecule has 286 valence electrons. The van der Waals surface area contributed by atoms with Crippen LogP contribution in [-0.2, 0) is 0 Å². The molecule has 0 aromatic carbocycles. The van der Waals surface area contributed by atoms with Crippen LogP contribution in [0.1, 0.15) is 148 Å². The van der Waals surface area contributed by atoms with Crippen LogP contribution in [0.4, 0.5) is 11.9 Å². The van der Waals surface area contributed by atoms with Crippen molar-refractivity contribution >= 4 is 11.9 Å². The molecule has 0 radical (unpaired) electrons. The van der Waals surface area contributed by atoms with Crippen LogP contribution in [0.2, 0.25) is 0 Å². The van der Waals surface area contributed by atoms with Crippen LogP contribution >= 0.6 is 0 Å². The Balaban J connectivity index is 1.48. The van der Waals surface area contributed by atoms with Crippen LogP contribution in [0, 0.1) is 0 Å². The second kappa shape index (κ2) is 12.3. The third kappa shape index (κ3) is 7.46. The molecule has 50 heavy (non-hydrogen) atoms. The molecule has 5 rings (SSSR count). The Morgan fingerprint density at radius 2 is 0.820 bits per heavy atom. The maximum absolute atomic E-state index is 11.8. The first-order valence-electron chi connectivity index (χ1n) is 18.4. The molecule has 4 fully saturated rings. The summed E-state index contributed by atoms with van der Waals surface area (Å²) in [5.41, 5.74) is -4.27. The van der Waals surface area contributed by atoms with E-state index < -0.39 is 44.3 Å². The van der Waals surface area contributed by atoms with Gasteiger partial charge in [-0.15, -0.1) is 0 Å². The number of nitrogens with one attached hydrogen (secondary N) is 2. The predicted octanol–water partition coefficient (Wildman–Crippen LogP) is 6.31. The topological polar surface area (TPSA) is 166 Å². The van der Waals surface area contributed by atoms with Crippen LogP contribution in [0.15, 0.2) is 0 Å². The zero-order chi connectivity index (χ0) is 37.7. The average molecular weight is 706 g/mol. The van der Waals surface area contributed by atoms with Crippen molar-refractivity contribution < 1.29 is 25.6 Å². The first-order chi connectivity index (χ1) is 22.5. The zero-order valence-corrected chi connectivity index (χ0v) is 33.2. The first-order valence-corrected chi connectivity index (χ1v) is 18.4. The molecule has 4 aliphatic heterocycles. The van der Waals surface area contributed by atoms with Gasteiger partial charge in [0.05, 0.1) is 5.54 Å². The number of rotatable bonds is 6. The van der Waals surface area contributed by atoms with Gasteiger partial charge in [-0.25, -0.2) is 0 Å². The molecule has 4 aliphatic rings. The van der Waals surface area contributed by atoms with E-state index >= 15 is 0 Å². The fourth-order valence-corrected chi connectivity index (χ4v) is 10.7. The van der Waals surface area contributed by atoms with E-state index in [-0.39, 0.29) is 24.2 Å². The molecule has 6 N–H and O–H groups in total. The Hall–Kier alpha value is -1.91. The van der Waals surface area contributed by atoms with Crippen molar-refractivity contribution in [2.75, 3.05) is 10.6 Å². The molecular formula is C36H67N9O5. The highest BCUT2D eigenvalue weighted by Gasteiger charge is 2.60. The Morgan fingerprint density at radius 3 is 1.24 bits per heavy atom. The lowest BCUT2D eigenvalue weighted by Crippen LogP contribution is -2.73. The summed E-state index contributed by atoms with van der Waals surface area (Å²) < 4.78 is 6.56. The van der Waals surface area contributed by atoms with Gasteiger partial charge in [-0.05, 0) is 135 Å². The van der Waals surface area contributed by atoms with Crippen LogP contribution in [-0.4, -0.2) is 119 Å². The molecule has 1 spiro atoms. The van der Waals surface area contributed by atoms with Gasteiger partial charge < -0.3 is 36.2 Å². The van der Waals surface area contributed by atoms with Gasteiger partial charge in [-0.3, -0.25) is 0 Å². The van der Waals surface area contributed by atoms with Gasteiger partial charge in [0, 0.05) is 63.7 Å². The summed E-state index contributed by atoms with van der Waals surface area (Å²) in [6, 6.07) is 0.0878. The van der Waals surface area contributed by atoms with Crippen molar-refractivity contribution in [3.63, 3.8) is 0 Å². The largest absolute Gasteiger partial charge is 0.460 e. The van der Waals surface area contributed by atoms with Gasteiger partial charge in [0.15, 0.2) is 0 Å². The Bertz CT molecular complexity index is 1300. The minimum atomic E-state index is -0.607. The maximum atomic E-state index is 11.8. The number of aromatic nitrogens is 3. The van der Waals surface area contributed by atoms with Crippen LogP contribution in [0.3, 0.4) is 0 Å². The van der Waals surface area contributed by atoms with Crippen LogP contribution in [0.25, 0.3) is 0 Å². The highest BCUT2D eigenvalue weighted by Crippen LogP contribution is 2.52. The van der Waals surface area contributed by atoms with Gasteiger partial charge >= 0.3 is 6.01 Å². The lowest BCUT2D eigenvalue weighted by Gasteiger charge is -2.63. The number of hydrogen-bond donors (Lipinski definition) is 6. The summed E-state index contributed by atoms with van der Waals surface area (Å²) in [6.45, 7) is 28.3. The standard InChI is InChI=1S/C36H67N9O5/c1-29(2)15-23(16-30(3,4)42(29)46)37-26-39-27(41-28(40-26)50-25-19-32(7,8)43(47)33(9,10)20-25)38-24-17-31(5,6)45(49)36(18-24)21-34(11,12)44(48)35(13,14)22-36/h23-25,46-49H,15-22H2,1-14H3,(H2,37,38,39,40,41). The van der Waals surface area contributed by atoms with Crippen LogP contribution in [0.5, 0.6) is 6.01 Å². The van der Waals surface area contributed by atoms with Crippen molar-refractivity contribution in [3.05, 3.63) is 0 Å². The summed E-state index contributed by atoms with van der Waals surface area (Å²) in [6.07, 6.45) is 4.67. The number of piperidine rings is 4. The van der Waals surface area contributed by atoms with Crippen molar-refractivity contribution in [1.82, 2.24) is 35.2 Å². The van der Waals surface area contributed by atoms with E-state index in [0.29, 0.717) is 63.3 Å². The van der Waals surface area contributed by atoms with Crippen molar-refractivity contribution in [2.45, 2.75) is 211 Å². The fraction of sp³-hybridized carbons (Fsp3) is 0.917. The predicted molar refractivity (Wildman–Crippen MR) is 192 cm³/mol. The molecule has 0 saturated carbocycles. The normalized spacial score (nSPS) is 31.0. The number of nitrogens with zero attached hydrogens (tertiary/aromatic N) is 7. The number of anilines is 2. The highest BCUT2D eigenvalue weighted by atomic mass is 16.5. The van der Waals surface area contributed by atoms with Gasteiger partial charge in [0.2, 0.25) is 11.9 Å². The summed E-state index contributed by atoms with van der Waals surface area (Å²) >= 11 is 0. The van der Waals surface area contributed by atoms with E-state index in [1.54, 1.807) is 5.06 Å². The summed E-state index contributed by atoms with van der Waals surface area (Å²) in [5, 5.41) is 57.8. The van der Waals surface area contributed by atoms with Gasteiger partial charge in [-0.2, -0.15) is 35.2 Å². The molecule has 1 unspecified atom stereocenters. The molecule has 0 aliphatic carbocycles. The molecular weight excluding hydrogens is 638 g/mol. The molecule has 4 saturated heterocycles. The minimum absolute atomic E-state index is 0.0186. The van der Waals surface area contributed by atoms with E-state index in [4.69, 9.17) is 19.7 Å². The van der Waals surface area contributed by atoms with Crippen molar-refractivity contribution in [2.24, 2.45) is 0 Å². The summed E-state index contributed by atoms with van der Waals surface area (Å²) in [5.74, 6) is 0.775.